The molecule has 0 spiro atoms. The van der Waals surface area contributed by atoms with Crippen molar-refractivity contribution in [3.63, 3.8) is 0 Å². The van der Waals surface area contributed by atoms with Crippen molar-refractivity contribution >= 4 is 23.4 Å². The molecule has 6 nitrogen and oxygen atoms in total. The number of rotatable bonds is 5. The van der Waals surface area contributed by atoms with Gasteiger partial charge in [-0.15, -0.1) is 0 Å². The Hall–Kier alpha value is -3.15. The number of carbonyl (C=O) groups is 3. The molecule has 6 heteroatoms. The summed E-state index contributed by atoms with van der Waals surface area (Å²) in [7, 11) is 0. The molecule has 4 rings (SSSR count). The number of anilines is 1. The highest BCUT2D eigenvalue weighted by atomic mass is 16.2. The number of hydrogen-bond acceptors (Lipinski definition) is 3. The van der Waals surface area contributed by atoms with Gasteiger partial charge in [-0.25, -0.2) is 0 Å². The van der Waals surface area contributed by atoms with Gasteiger partial charge < -0.3 is 15.5 Å². The molecule has 1 atom stereocenters. The summed E-state index contributed by atoms with van der Waals surface area (Å²) in [5.74, 6) is 0.434. The van der Waals surface area contributed by atoms with Crippen LogP contribution >= 0.6 is 0 Å². The smallest absolute Gasteiger partial charge is 0.255 e. The molecule has 1 aliphatic carbocycles. The number of piperidine rings is 1. The third-order valence-electron chi connectivity index (χ3n) is 6.87. The second-order valence-electron chi connectivity index (χ2n) is 9.45. The largest absolute Gasteiger partial charge is 0.353 e. The minimum atomic E-state index is -0.188. The summed E-state index contributed by atoms with van der Waals surface area (Å²) in [5, 5.41) is 6.08. The van der Waals surface area contributed by atoms with E-state index in [-0.39, 0.29) is 29.7 Å². The second-order valence-corrected chi connectivity index (χ2v) is 9.45. The number of carbonyl (C=O) groups excluding carboxylic acids is 3. The first-order valence-electron chi connectivity index (χ1n) is 12.1. The molecular weight excluding hydrogens is 414 g/mol. The Kier molecular flexibility index (Phi) is 7.43. The molecule has 1 saturated heterocycles. The fraction of sp³-hybridized carbons (Fsp3) is 0.444. The van der Waals surface area contributed by atoms with E-state index in [2.05, 4.69) is 17.6 Å². The first kappa shape index (κ1) is 23.0. The molecule has 2 N–H and O–H groups in total. The molecule has 2 aliphatic rings. The minimum absolute atomic E-state index is 0.0695. The molecule has 33 heavy (non-hydrogen) atoms. The van der Waals surface area contributed by atoms with Crippen LogP contribution in [0.1, 0.15) is 66.2 Å². The molecule has 1 unspecified atom stereocenters. The molecule has 0 bridgehead atoms. The van der Waals surface area contributed by atoms with Gasteiger partial charge in [-0.1, -0.05) is 25.1 Å². The second kappa shape index (κ2) is 10.6. The summed E-state index contributed by atoms with van der Waals surface area (Å²) < 4.78 is 0. The number of hydrogen-bond donors (Lipinski definition) is 2. The van der Waals surface area contributed by atoms with Crippen LogP contribution in [0, 0.1) is 11.8 Å². The van der Waals surface area contributed by atoms with Crippen molar-refractivity contribution < 1.29 is 14.4 Å². The van der Waals surface area contributed by atoms with E-state index < -0.39 is 0 Å². The highest BCUT2D eigenvalue weighted by Gasteiger charge is 2.30. The third kappa shape index (κ3) is 6.01. The average molecular weight is 448 g/mol. The van der Waals surface area contributed by atoms with Gasteiger partial charge >= 0.3 is 0 Å². The first-order valence-corrected chi connectivity index (χ1v) is 12.1. The maximum absolute atomic E-state index is 13.1. The van der Waals surface area contributed by atoms with E-state index in [1.807, 2.05) is 18.2 Å². The molecule has 2 aromatic rings. The highest BCUT2D eigenvalue weighted by Crippen LogP contribution is 2.25. The lowest BCUT2D eigenvalue weighted by atomic mass is 9.87. The zero-order valence-electron chi connectivity index (χ0n) is 19.3. The molecule has 0 aromatic heterocycles. The molecular formula is C27H33N3O3. The number of likely N-dealkylation sites (tertiary alicyclic amines) is 1. The Morgan fingerprint density at radius 1 is 0.848 bits per heavy atom. The van der Waals surface area contributed by atoms with Gasteiger partial charge in [0.2, 0.25) is 5.91 Å². The number of nitrogens with zero attached hydrogens (tertiary/aromatic N) is 1. The van der Waals surface area contributed by atoms with Crippen molar-refractivity contribution in [2.24, 2.45) is 11.8 Å². The van der Waals surface area contributed by atoms with E-state index in [1.165, 1.54) is 12.8 Å². The highest BCUT2D eigenvalue weighted by molar-refractivity contribution is 6.04. The molecule has 2 fully saturated rings. The third-order valence-corrected chi connectivity index (χ3v) is 6.87. The van der Waals surface area contributed by atoms with Gasteiger partial charge in [-0.2, -0.15) is 0 Å². The predicted octanol–water partition coefficient (Wildman–Crippen LogP) is 4.49. The summed E-state index contributed by atoms with van der Waals surface area (Å²) in [4.78, 5) is 40.0. The summed E-state index contributed by atoms with van der Waals surface area (Å²) in [6.07, 6.45) is 6.09. The number of benzene rings is 2. The number of amides is 3. The average Bonchev–Trinajstić information content (AvgIpc) is 2.86. The molecule has 1 saturated carbocycles. The van der Waals surface area contributed by atoms with Crippen molar-refractivity contribution in [2.45, 2.75) is 51.5 Å². The Morgan fingerprint density at radius 3 is 2.24 bits per heavy atom. The molecule has 3 amide bonds. The SMILES string of the molecule is CC1CCC(NC(=O)C2CCCN(C(=O)c3ccc(NC(=O)c4ccccc4)cc3)C2)CC1. The fourth-order valence-corrected chi connectivity index (χ4v) is 4.77. The van der Waals surface area contributed by atoms with Gasteiger partial charge in [0.15, 0.2) is 0 Å². The van der Waals surface area contributed by atoms with E-state index in [4.69, 9.17) is 0 Å². The summed E-state index contributed by atoms with van der Waals surface area (Å²) in [6, 6.07) is 16.2. The van der Waals surface area contributed by atoms with E-state index in [1.54, 1.807) is 41.3 Å². The molecule has 174 valence electrons. The number of nitrogens with one attached hydrogen (secondary N) is 2. The minimum Gasteiger partial charge on any atom is -0.353 e. The quantitative estimate of drug-likeness (QED) is 0.709. The van der Waals surface area contributed by atoms with Crippen LogP contribution in [-0.2, 0) is 4.79 Å². The molecule has 2 aromatic carbocycles. The van der Waals surface area contributed by atoms with Crippen LogP contribution in [0.5, 0.6) is 0 Å². The Balaban J connectivity index is 1.31. The Labute approximate surface area is 195 Å². The van der Waals surface area contributed by atoms with E-state index in [0.29, 0.717) is 29.9 Å². The summed E-state index contributed by atoms with van der Waals surface area (Å²) >= 11 is 0. The van der Waals surface area contributed by atoms with Crippen LogP contribution in [0.3, 0.4) is 0 Å². The lowest BCUT2D eigenvalue weighted by Crippen LogP contribution is -2.48. The molecule has 1 aliphatic heterocycles. The van der Waals surface area contributed by atoms with E-state index in [9.17, 15) is 14.4 Å². The maximum Gasteiger partial charge on any atom is 0.255 e. The lowest BCUT2D eigenvalue weighted by molar-refractivity contribution is -0.127. The predicted molar refractivity (Wildman–Crippen MR) is 129 cm³/mol. The zero-order valence-corrected chi connectivity index (χ0v) is 19.3. The Morgan fingerprint density at radius 2 is 1.55 bits per heavy atom. The van der Waals surface area contributed by atoms with E-state index >= 15 is 0 Å². The standard InChI is InChI=1S/C27H33N3O3/c1-19-9-13-23(14-10-19)29-26(32)22-8-5-17-30(18-22)27(33)21-11-15-24(16-12-21)28-25(31)20-6-3-2-4-7-20/h2-4,6-7,11-12,15-16,19,22-23H,5,8-10,13-14,17-18H2,1H3,(H,28,31)(H,29,32). The zero-order chi connectivity index (χ0) is 23.2. The van der Waals surface area contributed by atoms with Crippen LogP contribution in [0.4, 0.5) is 5.69 Å². The molecule has 1 heterocycles. The van der Waals surface area contributed by atoms with Crippen molar-refractivity contribution in [3.05, 3.63) is 65.7 Å². The van der Waals surface area contributed by atoms with Gasteiger partial charge in [0, 0.05) is 35.9 Å². The van der Waals surface area contributed by atoms with Crippen LogP contribution < -0.4 is 10.6 Å². The topological polar surface area (TPSA) is 78.5 Å². The van der Waals surface area contributed by atoms with Crippen molar-refractivity contribution in [1.82, 2.24) is 10.2 Å². The monoisotopic (exact) mass is 447 g/mol. The maximum atomic E-state index is 13.1. The van der Waals surface area contributed by atoms with Gasteiger partial charge in [0.25, 0.3) is 11.8 Å². The summed E-state index contributed by atoms with van der Waals surface area (Å²) in [6.45, 7) is 3.39. The van der Waals surface area contributed by atoms with Crippen LogP contribution in [-0.4, -0.2) is 41.8 Å². The molecule has 0 radical (unpaired) electrons. The fourth-order valence-electron chi connectivity index (χ4n) is 4.77. The van der Waals surface area contributed by atoms with Crippen LogP contribution in [0.25, 0.3) is 0 Å². The van der Waals surface area contributed by atoms with Gasteiger partial charge in [0.1, 0.15) is 0 Å². The van der Waals surface area contributed by atoms with Crippen molar-refractivity contribution in [2.75, 3.05) is 18.4 Å². The van der Waals surface area contributed by atoms with Crippen molar-refractivity contribution in [1.29, 1.82) is 0 Å². The lowest BCUT2D eigenvalue weighted by Gasteiger charge is -2.34. The van der Waals surface area contributed by atoms with Gasteiger partial charge in [0.05, 0.1) is 5.92 Å². The van der Waals surface area contributed by atoms with Crippen LogP contribution in [0.2, 0.25) is 0 Å². The normalized spacial score (nSPS) is 22.9. The van der Waals surface area contributed by atoms with Gasteiger partial charge in [-0.05, 0) is 80.8 Å². The van der Waals surface area contributed by atoms with E-state index in [0.717, 1.165) is 31.6 Å². The Bertz CT molecular complexity index is 966. The van der Waals surface area contributed by atoms with Crippen molar-refractivity contribution in [3.8, 4) is 0 Å². The van der Waals surface area contributed by atoms with Gasteiger partial charge in [-0.3, -0.25) is 14.4 Å². The first-order chi connectivity index (χ1) is 16.0. The summed E-state index contributed by atoms with van der Waals surface area (Å²) in [5.41, 5.74) is 1.78. The van der Waals surface area contributed by atoms with Crippen LogP contribution in [0.15, 0.2) is 54.6 Å².